The maximum atomic E-state index is 12.4. The van der Waals surface area contributed by atoms with Crippen molar-refractivity contribution in [1.29, 1.82) is 0 Å². The molecule has 0 radical (unpaired) electrons. The molecule has 11 heteroatoms. The van der Waals surface area contributed by atoms with E-state index in [-0.39, 0.29) is 51.4 Å². The second-order valence-corrected chi connectivity index (χ2v) is 8.96. The molecule has 26 heavy (non-hydrogen) atoms. The molecule has 0 bridgehead atoms. The fourth-order valence-corrected chi connectivity index (χ4v) is 5.54. The van der Waals surface area contributed by atoms with Crippen molar-refractivity contribution in [3.63, 3.8) is 0 Å². The second kappa shape index (κ2) is 7.90. The van der Waals surface area contributed by atoms with Gasteiger partial charge in [0.1, 0.15) is 17.5 Å². The fraction of sp³-hybridized carbons (Fsp3) is 0.467. The average Bonchev–Trinajstić information content (AvgIpc) is 3.09. The number of rotatable bonds is 5. The van der Waals surface area contributed by atoms with Gasteiger partial charge >= 0.3 is 63.3 Å². The predicted octanol–water partition coefficient (Wildman–Crippen LogP) is -0.100. The minimum absolute atomic E-state index is 0. The third-order valence-corrected chi connectivity index (χ3v) is 6.63. The summed E-state index contributed by atoms with van der Waals surface area (Å²) in [4.78, 5) is 48.9. The zero-order valence-electron chi connectivity index (χ0n) is 13.3. The van der Waals surface area contributed by atoms with Gasteiger partial charge in [-0.1, -0.05) is 0 Å². The van der Waals surface area contributed by atoms with Crippen molar-refractivity contribution in [2.75, 3.05) is 0 Å². The summed E-state index contributed by atoms with van der Waals surface area (Å²) in [6.45, 7) is 3.46. The van der Waals surface area contributed by atoms with Crippen molar-refractivity contribution in [3.8, 4) is 0 Å². The number of fused-ring (bicyclic) bond motifs is 1. The van der Waals surface area contributed by atoms with Crippen LogP contribution in [0.15, 0.2) is 16.8 Å². The van der Waals surface area contributed by atoms with Gasteiger partial charge in [-0.05, 0) is 36.2 Å². The summed E-state index contributed by atoms with van der Waals surface area (Å²) >= 11 is 2.56. The van der Waals surface area contributed by atoms with E-state index >= 15 is 0 Å². The van der Waals surface area contributed by atoms with Crippen LogP contribution in [0.3, 0.4) is 0 Å². The Bertz CT molecular complexity index is 753. The number of amides is 2. The molecule has 2 amide bonds. The van der Waals surface area contributed by atoms with E-state index in [1.807, 2.05) is 0 Å². The fourth-order valence-electron chi connectivity index (χ4n) is 3.23. The molecule has 0 spiro atoms. The maximum absolute atomic E-state index is 12.4. The zero-order valence-corrected chi connectivity index (χ0v) is 15.0. The van der Waals surface area contributed by atoms with Crippen LogP contribution in [0, 0.1) is 0 Å². The molecule has 2 fully saturated rings. The van der Waals surface area contributed by atoms with Gasteiger partial charge in [-0.2, -0.15) is 11.3 Å². The number of nitrogens with zero attached hydrogens (tertiary/aromatic N) is 1. The van der Waals surface area contributed by atoms with Gasteiger partial charge in [-0.25, -0.2) is 4.79 Å². The average molecular weight is 425 g/mol. The van der Waals surface area contributed by atoms with E-state index in [1.54, 1.807) is 30.7 Å². The van der Waals surface area contributed by atoms with Crippen molar-refractivity contribution < 1.29 is 29.4 Å². The molecule has 1 aromatic heterocycles. The number of hydrogen-bond donors (Lipinski definition) is 3. The Hall–Kier alpha value is -0.434. The number of carbonyl (C=O) groups is 4. The summed E-state index contributed by atoms with van der Waals surface area (Å²) in [5, 5.41) is 23.9. The van der Waals surface area contributed by atoms with E-state index in [9.17, 15) is 29.4 Å². The molecule has 136 valence electrons. The van der Waals surface area contributed by atoms with Crippen LogP contribution >= 0.6 is 23.1 Å². The van der Waals surface area contributed by atoms with Crippen molar-refractivity contribution >= 4 is 98.2 Å². The Labute approximate surface area is 200 Å². The molecule has 2 aliphatic heterocycles. The molecular formula is C15H17KN2O6S2. The van der Waals surface area contributed by atoms with Crippen LogP contribution < -0.4 is 5.32 Å². The normalized spacial score (nSPS) is 26.9. The van der Waals surface area contributed by atoms with Gasteiger partial charge in [0.15, 0.2) is 5.92 Å². The van der Waals surface area contributed by atoms with E-state index in [1.165, 1.54) is 28.0 Å². The Balaban J connectivity index is 0.00000243. The number of carbonyl (C=O) groups excluding carboxylic acids is 2. The molecule has 3 rings (SSSR count). The molecule has 4 atom stereocenters. The minimum atomic E-state index is -1.40. The molecule has 3 heterocycles. The molecule has 1 aromatic rings. The van der Waals surface area contributed by atoms with Crippen LogP contribution in [0.4, 0.5) is 0 Å². The van der Waals surface area contributed by atoms with Crippen molar-refractivity contribution in [2.45, 2.75) is 42.0 Å². The number of thioether (sulfide) groups is 1. The van der Waals surface area contributed by atoms with Gasteiger partial charge in [0.25, 0.3) is 0 Å². The molecule has 0 aromatic carbocycles. The quantitative estimate of drug-likeness (QED) is 0.342. The van der Waals surface area contributed by atoms with E-state index < -0.39 is 51.9 Å². The third-order valence-electron chi connectivity index (χ3n) is 4.36. The first-order valence-corrected chi connectivity index (χ1v) is 9.25. The van der Waals surface area contributed by atoms with Crippen LogP contribution in [-0.4, -0.2) is 112 Å². The van der Waals surface area contributed by atoms with E-state index in [0.29, 0.717) is 5.56 Å². The number of carboxylic acids is 2. The summed E-state index contributed by atoms with van der Waals surface area (Å²) < 4.78 is -0.703. The summed E-state index contributed by atoms with van der Waals surface area (Å²) in [5.74, 6) is -5.08. The second-order valence-electron chi connectivity index (χ2n) is 6.41. The number of aliphatic carboxylic acids is 2. The molecular weight excluding hydrogens is 407 g/mol. The Morgan fingerprint density at radius 3 is 2.46 bits per heavy atom. The van der Waals surface area contributed by atoms with Crippen LogP contribution in [-0.2, 0) is 19.2 Å². The van der Waals surface area contributed by atoms with Gasteiger partial charge in [0.05, 0.1) is 0 Å². The summed E-state index contributed by atoms with van der Waals surface area (Å²) in [6.07, 6.45) is 0. The summed E-state index contributed by atoms with van der Waals surface area (Å²) in [5.41, 5.74) is 0.349. The Morgan fingerprint density at radius 1 is 1.31 bits per heavy atom. The monoisotopic (exact) mass is 424 g/mol. The summed E-state index contributed by atoms with van der Waals surface area (Å²) in [6, 6.07) is -0.344. The number of hydrogen-bond acceptors (Lipinski definition) is 6. The van der Waals surface area contributed by atoms with Crippen LogP contribution in [0.2, 0.25) is 0 Å². The predicted molar refractivity (Wildman–Crippen MR) is 97.5 cm³/mol. The standard InChI is InChI=1S/C15H16N2O6S2.K.H/c1-15(2)9(14(22)23)17-11(19)8(12(17)25-15)16-10(18)7(13(20)21)6-3-4-24-5-6;;/h3-5,7-9,12H,1-2H3,(H,16,18)(H,20,21)(H,22,23);;/t7?,8-,9+,12-;;/m1../s1. The van der Waals surface area contributed by atoms with E-state index in [4.69, 9.17) is 0 Å². The first-order valence-electron chi connectivity index (χ1n) is 7.43. The van der Waals surface area contributed by atoms with Gasteiger partial charge in [-0.3, -0.25) is 14.4 Å². The first-order chi connectivity index (χ1) is 11.6. The van der Waals surface area contributed by atoms with Gasteiger partial charge in [0.2, 0.25) is 11.8 Å². The molecule has 1 unspecified atom stereocenters. The van der Waals surface area contributed by atoms with E-state index in [0.717, 1.165) is 0 Å². The SMILES string of the molecule is CC1(C)S[C@@H]2[C@H](NC(=O)C(C(=O)O)c3ccsc3)C(=O)N2[C@H]1C(=O)O.[KH]. The van der Waals surface area contributed by atoms with Crippen LogP contribution in [0.1, 0.15) is 25.3 Å². The summed E-state index contributed by atoms with van der Waals surface area (Å²) in [7, 11) is 0. The van der Waals surface area contributed by atoms with Gasteiger partial charge in [0, 0.05) is 4.75 Å². The third kappa shape index (κ3) is 3.62. The van der Waals surface area contributed by atoms with Crippen molar-refractivity contribution in [1.82, 2.24) is 10.2 Å². The molecule has 3 N–H and O–H groups in total. The Morgan fingerprint density at radius 2 is 1.96 bits per heavy atom. The number of thiophene rings is 1. The van der Waals surface area contributed by atoms with Crippen molar-refractivity contribution in [3.05, 3.63) is 22.4 Å². The van der Waals surface area contributed by atoms with E-state index in [2.05, 4.69) is 5.32 Å². The van der Waals surface area contributed by atoms with Gasteiger partial charge in [-0.15, -0.1) is 11.8 Å². The number of carboxylic acid groups (broad SMARTS) is 2. The van der Waals surface area contributed by atoms with Gasteiger partial charge < -0.3 is 20.4 Å². The number of β-lactam (4-membered cyclic amide) rings is 1. The molecule has 2 aliphatic rings. The molecule has 2 saturated heterocycles. The molecule has 0 saturated carbocycles. The Kier molecular flexibility index (Phi) is 6.64. The first kappa shape index (κ1) is 21.9. The topological polar surface area (TPSA) is 124 Å². The molecule has 8 nitrogen and oxygen atoms in total. The van der Waals surface area contributed by atoms with Crippen molar-refractivity contribution in [2.24, 2.45) is 0 Å². The van der Waals surface area contributed by atoms with Crippen LogP contribution in [0.5, 0.6) is 0 Å². The zero-order chi connectivity index (χ0) is 18.5. The van der Waals surface area contributed by atoms with Crippen LogP contribution in [0.25, 0.3) is 0 Å². The number of nitrogens with one attached hydrogen (secondary N) is 1. The molecule has 0 aliphatic carbocycles.